The summed E-state index contributed by atoms with van der Waals surface area (Å²) >= 11 is 0. The topological polar surface area (TPSA) is 94.3 Å². The summed E-state index contributed by atoms with van der Waals surface area (Å²) in [6.45, 7) is 3.61. The molecule has 9 heteroatoms. The van der Waals surface area contributed by atoms with Gasteiger partial charge in [-0.2, -0.15) is 0 Å². The highest BCUT2D eigenvalue weighted by molar-refractivity contribution is 6.02. The number of benzene rings is 3. The molecule has 3 aromatic carbocycles. The lowest BCUT2D eigenvalue weighted by atomic mass is 9.91. The summed E-state index contributed by atoms with van der Waals surface area (Å²) in [6.07, 6.45) is 1.88. The van der Waals surface area contributed by atoms with Crippen LogP contribution in [0.25, 0.3) is 11.0 Å². The summed E-state index contributed by atoms with van der Waals surface area (Å²) < 4.78 is 36.7. The summed E-state index contributed by atoms with van der Waals surface area (Å²) in [4.78, 5) is 15.2. The maximum Gasteiger partial charge on any atom is 0.174 e. The molecule has 2 unspecified atom stereocenters. The minimum absolute atomic E-state index is 0.134. The summed E-state index contributed by atoms with van der Waals surface area (Å²) in [7, 11) is 1.60. The van der Waals surface area contributed by atoms with Crippen LogP contribution in [0.4, 0.5) is 4.39 Å². The van der Waals surface area contributed by atoms with E-state index in [1.165, 1.54) is 18.2 Å². The maximum atomic E-state index is 13.6. The second-order valence-electron chi connectivity index (χ2n) is 10.3. The molecule has 1 fully saturated rings. The van der Waals surface area contributed by atoms with E-state index in [4.69, 9.17) is 18.7 Å². The molecule has 0 radical (unpaired) electrons. The first-order chi connectivity index (χ1) is 19.4. The lowest BCUT2D eigenvalue weighted by molar-refractivity contribution is 0.00546. The van der Waals surface area contributed by atoms with Crippen LogP contribution in [-0.2, 0) is 0 Å². The van der Waals surface area contributed by atoms with Crippen molar-refractivity contribution >= 4 is 16.8 Å². The first kappa shape index (κ1) is 26.1. The van der Waals surface area contributed by atoms with Gasteiger partial charge in [-0.3, -0.25) is 9.69 Å². The standard InChI is InChI=1S/C31H31FN2O6/c1-3-29(34-12-10-19(11-13-34)31-23-9-6-20(32)14-27(23)40-33-31)38-22-15-24(35)30-25(36)17-26(39-28(30)16-22)18-4-7-21(37-2)8-5-18/h4-9,14-16,19,26,29,35H,3,10-13,17H2,1-2H3. The number of Topliss-reactive ketones (excluding diaryl/α,β-unsaturated/α-hetero) is 1. The number of carbonyl (C=O) groups is 1. The second kappa shape index (κ2) is 10.8. The van der Waals surface area contributed by atoms with Crippen LogP contribution in [0.1, 0.15) is 66.2 Å². The molecular formula is C31H31FN2O6. The molecular weight excluding hydrogens is 515 g/mol. The number of ether oxygens (including phenoxy) is 3. The largest absolute Gasteiger partial charge is 0.507 e. The molecule has 4 aromatic rings. The summed E-state index contributed by atoms with van der Waals surface area (Å²) in [5.41, 5.74) is 2.38. The van der Waals surface area contributed by atoms with Crippen molar-refractivity contribution in [2.45, 2.75) is 50.9 Å². The number of phenolic OH excluding ortho intramolecular Hbond substituents is 1. The van der Waals surface area contributed by atoms with Gasteiger partial charge >= 0.3 is 0 Å². The molecule has 0 saturated carbocycles. The Morgan fingerprint density at radius 1 is 1.10 bits per heavy atom. The highest BCUT2D eigenvalue weighted by atomic mass is 19.1. The average Bonchev–Trinajstić information content (AvgIpc) is 3.38. The number of rotatable bonds is 7. The number of hydrogen-bond acceptors (Lipinski definition) is 8. The van der Waals surface area contributed by atoms with Gasteiger partial charge in [0.25, 0.3) is 0 Å². The van der Waals surface area contributed by atoms with Gasteiger partial charge in [0.2, 0.25) is 0 Å². The number of carbonyl (C=O) groups excluding carboxylic acids is 1. The normalized spacial score (nSPS) is 18.8. The van der Waals surface area contributed by atoms with E-state index in [1.54, 1.807) is 19.2 Å². The third-order valence-corrected chi connectivity index (χ3v) is 7.87. The van der Waals surface area contributed by atoms with Gasteiger partial charge in [0.05, 0.1) is 19.2 Å². The first-order valence-corrected chi connectivity index (χ1v) is 13.6. The lowest BCUT2D eigenvalue weighted by Gasteiger charge is -2.36. The van der Waals surface area contributed by atoms with Crippen molar-refractivity contribution in [3.05, 3.63) is 77.2 Å². The zero-order chi connectivity index (χ0) is 27.8. The molecule has 0 spiro atoms. The Bertz CT molecular complexity index is 1530. The Kier molecular flexibility index (Phi) is 7.06. The highest BCUT2D eigenvalue weighted by Gasteiger charge is 2.33. The summed E-state index contributed by atoms with van der Waals surface area (Å²) in [6, 6.07) is 15.1. The van der Waals surface area contributed by atoms with E-state index in [2.05, 4.69) is 17.0 Å². The van der Waals surface area contributed by atoms with Gasteiger partial charge in [0, 0.05) is 42.6 Å². The molecule has 2 atom stereocenters. The molecule has 40 heavy (non-hydrogen) atoms. The van der Waals surface area contributed by atoms with Gasteiger partial charge in [-0.15, -0.1) is 0 Å². The third kappa shape index (κ3) is 4.97. The van der Waals surface area contributed by atoms with Gasteiger partial charge in [-0.1, -0.05) is 24.2 Å². The van der Waals surface area contributed by atoms with Gasteiger partial charge in [0.15, 0.2) is 17.6 Å². The van der Waals surface area contributed by atoms with Crippen LogP contribution >= 0.6 is 0 Å². The number of hydrogen-bond donors (Lipinski definition) is 1. The van der Waals surface area contributed by atoms with E-state index in [0.717, 1.165) is 54.7 Å². The van der Waals surface area contributed by atoms with E-state index in [9.17, 15) is 14.3 Å². The number of phenols is 1. The molecule has 6 rings (SSSR count). The van der Waals surface area contributed by atoms with Crippen LogP contribution < -0.4 is 14.2 Å². The molecule has 8 nitrogen and oxygen atoms in total. The predicted octanol–water partition coefficient (Wildman–Crippen LogP) is 6.38. The fourth-order valence-electron chi connectivity index (χ4n) is 5.75. The van der Waals surface area contributed by atoms with Gasteiger partial charge in [-0.25, -0.2) is 4.39 Å². The van der Waals surface area contributed by atoms with Crippen molar-refractivity contribution in [3.8, 4) is 23.0 Å². The smallest absolute Gasteiger partial charge is 0.174 e. The molecule has 1 saturated heterocycles. The Morgan fingerprint density at radius 2 is 1.88 bits per heavy atom. The average molecular weight is 547 g/mol. The van der Waals surface area contributed by atoms with E-state index < -0.39 is 6.10 Å². The number of aromatic nitrogens is 1. The van der Waals surface area contributed by atoms with E-state index >= 15 is 0 Å². The Balaban J connectivity index is 1.15. The van der Waals surface area contributed by atoms with E-state index in [-0.39, 0.29) is 41.5 Å². The van der Waals surface area contributed by atoms with Crippen LogP contribution in [0.2, 0.25) is 0 Å². The molecule has 208 valence electrons. The first-order valence-electron chi connectivity index (χ1n) is 13.6. The number of nitrogens with zero attached hydrogens (tertiary/aromatic N) is 2. The number of halogens is 1. The summed E-state index contributed by atoms with van der Waals surface area (Å²) in [5.74, 6) is 1.03. The quantitative estimate of drug-likeness (QED) is 0.285. The highest BCUT2D eigenvalue weighted by Crippen LogP contribution is 2.43. The molecule has 0 aliphatic carbocycles. The number of methoxy groups -OCH3 is 1. The van der Waals surface area contributed by atoms with Crippen molar-refractivity contribution in [3.63, 3.8) is 0 Å². The van der Waals surface area contributed by atoms with Crippen molar-refractivity contribution in [1.29, 1.82) is 0 Å². The van der Waals surface area contributed by atoms with Gasteiger partial charge < -0.3 is 23.8 Å². The van der Waals surface area contributed by atoms with Crippen molar-refractivity contribution < 1.29 is 33.0 Å². The van der Waals surface area contributed by atoms with Crippen LogP contribution in [0.3, 0.4) is 0 Å². The monoisotopic (exact) mass is 546 g/mol. The Hall–Kier alpha value is -4.11. The zero-order valence-electron chi connectivity index (χ0n) is 22.4. The maximum absolute atomic E-state index is 13.6. The number of aromatic hydroxyl groups is 1. The Morgan fingerprint density at radius 3 is 2.60 bits per heavy atom. The van der Waals surface area contributed by atoms with E-state index in [1.807, 2.05) is 24.3 Å². The summed E-state index contributed by atoms with van der Waals surface area (Å²) in [5, 5.41) is 15.8. The third-order valence-electron chi connectivity index (χ3n) is 7.87. The molecule has 1 aromatic heterocycles. The minimum Gasteiger partial charge on any atom is -0.507 e. The lowest BCUT2D eigenvalue weighted by Crippen LogP contribution is -2.43. The number of piperidine rings is 1. The number of ketones is 1. The minimum atomic E-state index is -0.467. The van der Waals surface area contributed by atoms with Crippen molar-refractivity contribution in [2.24, 2.45) is 0 Å². The van der Waals surface area contributed by atoms with Crippen LogP contribution in [0.15, 0.2) is 59.1 Å². The van der Waals surface area contributed by atoms with Gasteiger partial charge in [-0.05, 0) is 49.1 Å². The molecule has 2 aliphatic heterocycles. The van der Waals surface area contributed by atoms with Crippen molar-refractivity contribution in [1.82, 2.24) is 10.1 Å². The molecule has 0 bridgehead atoms. The molecule has 2 aliphatic rings. The second-order valence-corrected chi connectivity index (χ2v) is 10.3. The zero-order valence-corrected chi connectivity index (χ0v) is 22.4. The molecule has 3 heterocycles. The molecule has 0 amide bonds. The van der Waals surface area contributed by atoms with Crippen molar-refractivity contribution in [2.75, 3.05) is 20.2 Å². The van der Waals surface area contributed by atoms with Crippen LogP contribution in [0.5, 0.6) is 23.0 Å². The van der Waals surface area contributed by atoms with Crippen LogP contribution in [-0.4, -0.2) is 47.4 Å². The number of likely N-dealkylation sites (tertiary alicyclic amines) is 1. The fourth-order valence-corrected chi connectivity index (χ4v) is 5.75. The van der Waals surface area contributed by atoms with Gasteiger partial charge in [0.1, 0.15) is 40.5 Å². The van der Waals surface area contributed by atoms with E-state index in [0.29, 0.717) is 17.1 Å². The Labute approximate surface area is 231 Å². The predicted molar refractivity (Wildman–Crippen MR) is 146 cm³/mol. The molecule has 1 N–H and O–H groups in total. The number of fused-ring (bicyclic) bond motifs is 2. The SMILES string of the molecule is CCC(Oc1cc(O)c2c(c1)OC(c1ccc(OC)cc1)CC2=O)N1CCC(c2noc3cc(F)ccc23)CC1. The fraction of sp³-hybridized carbons (Fsp3) is 0.355. The van der Waals surface area contributed by atoms with Crippen LogP contribution in [0, 0.1) is 5.82 Å².